The number of carbonyl (C=O) groups excluding carboxylic acids is 1. The molecule has 0 radical (unpaired) electrons. The Morgan fingerprint density at radius 1 is 1.24 bits per heavy atom. The van der Waals surface area contributed by atoms with Crippen molar-refractivity contribution in [3.8, 4) is 5.75 Å². The van der Waals surface area contributed by atoms with Gasteiger partial charge in [-0.1, -0.05) is 12.1 Å². The molecule has 4 fully saturated rings. The summed E-state index contributed by atoms with van der Waals surface area (Å²) in [4.78, 5) is 13.1. The molecule has 4 aliphatic carbocycles. The Kier molecular flexibility index (Phi) is 3.87. The predicted molar refractivity (Wildman–Crippen MR) is 96.5 cm³/mol. The van der Waals surface area contributed by atoms with E-state index < -0.39 is 11.0 Å². The van der Waals surface area contributed by atoms with Crippen LogP contribution in [0.4, 0.5) is 0 Å². The Balaban J connectivity index is 1.51. The summed E-state index contributed by atoms with van der Waals surface area (Å²) < 4.78 is 5.31. The quantitative estimate of drug-likeness (QED) is 0.883. The third-order valence-electron chi connectivity index (χ3n) is 6.90. The first-order valence-corrected chi connectivity index (χ1v) is 9.49. The molecular formula is C21H29NO3. The zero-order valence-electron chi connectivity index (χ0n) is 15.4. The van der Waals surface area contributed by atoms with Gasteiger partial charge >= 0.3 is 0 Å². The van der Waals surface area contributed by atoms with Gasteiger partial charge in [0, 0.05) is 6.04 Å². The van der Waals surface area contributed by atoms with E-state index in [1.807, 2.05) is 38.1 Å². The number of methoxy groups -OCH3 is 1. The SMILES string of the molecule is COc1cccc(C(C)(C)C(=O)NC2[C@@H]3CC4C[C@H]2CC(O)(C4)C3)c1. The number of amides is 1. The monoisotopic (exact) mass is 343 g/mol. The van der Waals surface area contributed by atoms with Crippen LogP contribution in [0.15, 0.2) is 24.3 Å². The van der Waals surface area contributed by atoms with Crippen LogP contribution in [0.25, 0.3) is 0 Å². The van der Waals surface area contributed by atoms with Gasteiger partial charge in [0.25, 0.3) is 0 Å². The van der Waals surface area contributed by atoms with Crippen LogP contribution in [-0.4, -0.2) is 29.8 Å². The van der Waals surface area contributed by atoms with E-state index in [1.54, 1.807) is 7.11 Å². The maximum Gasteiger partial charge on any atom is 0.230 e. The van der Waals surface area contributed by atoms with E-state index in [0.717, 1.165) is 43.4 Å². The number of ether oxygens (including phenoxy) is 1. The molecule has 0 heterocycles. The highest BCUT2D eigenvalue weighted by Crippen LogP contribution is 2.55. The maximum atomic E-state index is 13.1. The lowest BCUT2D eigenvalue weighted by molar-refractivity contribution is -0.148. The van der Waals surface area contributed by atoms with E-state index in [4.69, 9.17) is 4.74 Å². The fraction of sp³-hybridized carbons (Fsp3) is 0.667. The van der Waals surface area contributed by atoms with Crippen LogP contribution in [0.1, 0.15) is 51.5 Å². The molecule has 0 aliphatic heterocycles. The van der Waals surface area contributed by atoms with Crippen molar-refractivity contribution in [2.45, 2.75) is 63.0 Å². The molecule has 5 rings (SSSR count). The normalized spacial score (nSPS) is 36.3. The van der Waals surface area contributed by atoms with Crippen LogP contribution < -0.4 is 10.1 Å². The Hall–Kier alpha value is -1.55. The summed E-state index contributed by atoms with van der Waals surface area (Å²) in [6, 6.07) is 7.98. The van der Waals surface area contributed by atoms with Crippen molar-refractivity contribution < 1.29 is 14.6 Å². The van der Waals surface area contributed by atoms with Crippen LogP contribution in [0.2, 0.25) is 0 Å². The fourth-order valence-corrected chi connectivity index (χ4v) is 5.69. The van der Waals surface area contributed by atoms with Crippen molar-refractivity contribution in [2.24, 2.45) is 17.8 Å². The van der Waals surface area contributed by atoms with E-state index in [9.17, 15) is 9.90 Å². The van der Waals surface area contributed by atoms with Crippen LogP contribution in [0, 0.1) is 17.8 Å². The molecule has 2 N–H and O–H groups in total. The van der Waals surface area contributed by atoms with E-state index >= 15 is 0 Å². The van der Waals surface area contributed by atoms with Crippen molar-refractivity contribution in [1.82, 2.24) is 5.32 Å². The molecule has 136 valence electrons. The lowest BCUT2D eigenvalue weighted by Gasteiger charge is -2.58. The molecule has 1 aromatic rings. The van der Waals surface area contributed by atoms with Crippen LogP contribution in [-0.2, 0) is 10.2 Å². The molecule has 0 aromatic heterocycles. The number of nitrogens with one attached hydrogen (secondary N) is 1. The van der Waals surface area contributed by atoms with Gasteiger partial charge in [0.15, 0.2) is 0 Å². The Bertz CT molecular complexity index is 667. The number of rotatable bonds is 4. The van der Waals surface area contributed by atoms with Gasteiger partial charge in [-0.25, -0.2) is 0 Å². The lowest BCUT2D eigenvalue weighted by Crippen LogP contribution is -2.62. The minimum absolute atomic E-state index is 0.0743. The van der Waals surface area contributed by atoms with Gasteiger partial charge in [-0.2, -0.15) is 0 Å². The predicted octanol–water partition coefficient (Wildman–Crippen LogP) is 3.03. The molecule has 0 spiro atoms. The average molecular weight is 343 g/mol. The van der Waals surface area contributed by atoms with E-state index in [2.05, 4.69) is 5.32 Å². The second-order valence-electron chi connectivity index (χ2n) is 9.05. The zero-order chi connectivity index (χ0) is 17.8. The molecule has 4 nitrogen and oxygen atoms in total. The van der Waals surface area contributed by atoms with E-state index in [0.29, 0.717) is 17.8 Å². The molecule has 5 atom stereocenters. The second-order valence-corrected chi connectivity index (χ2v) is 9.05. The van der Waals surface area contributed by atoms with Crippen molar-refractivity contribution in [3.05, 3.63) is 29.8 Å². The summed E-state index contributed by atoms with van der Waals surface area (Å²) >= 11 is 0. The first kappa shape index (κ1) is 16.9. The Morgan fingerprint density at radius 2 is 1.92 bits per heavy atom. The summed E-state index contributed by atoms with van der Waals surface area (Å²) in [7, 11) is 1.64. The molecule has 4 saturated carbocycles. The van der Waals surface area contributed by atoms with Crippen LogP contribution in [0.5, 0.6) is 5.75 Å². The van der Waals surface area contributed by atoms with E-state index in [-0.39, 0.29) is 11.9 Å². The summed E-state index contributed by atoms with van der Waals surface area (Å²) in [6.45, 7) is 3.95. The maximum absolute atomic E-state index is 13.1. The molecule has 25 heavy (non-hydrogen) atoms. The molecule has 4 bridgehead atoms. The summed E-state index contributed by atoms with van der Waals surface area (Å²) in [5.74, 6) is 2.37. The van der Waals surface area contributed by atoms with Crippen molar-refractivity contribution in [1.29, 1.82) is 0 Å². The van der Waals surface area contributed by atoms with Gasteiger partial charge in [0.1, 0.15) is 5.75 Å². The smallest absolute Gasteiger partial charge is 0.230 e. The largest absolute Gasteiger partial charge is 0.497 e. The van der Waals surface area contributed by atoms with Crippen LogP contribution >= 0.6 is 0 Å². The Morgan fingerprint density at radius 3 is 2.52 bits per heavy atom. The van der Waals surface area contributed by atoms with Crippen molar-refractivity contribution in [2.75, 3.05) is 7.11 Å². The first-order valence-electron chi connectivity index (χ1n) is 9.49. The average Bonchev–Trinajstić information content (AvgIpc) is 2.56. The van der Waals surface area contributed by atoms with Gasteiger partial charge < -0.3 is 15.2 Å². The molecule has 4 aliphatic rings. The topological polar surface area (TPSA) is 58.6 Å². The standard InChI is InChI=1S/C21H29NO3/c1-20(2,16-5-4-6-17(9-16)25-3)19(23)22-18-14-7-13-8-15(18)12-21(24,10-13)11-14/h4-6,9,13-15,18,24H,7-8,10-12H2,1-3H3,(H,22,23)/t13?,14-,15+,18?,21?. The van der Waals surface area contributed by atoms with E-state index in [1.165, 1.54) is 0 Å². The first-order chi connectivity index (χ1) is 11.8. The van der Waals surface area contributed by atoms with Gasteiger partial charge in [0.05, 0.1) is 18.1 Å². The summed E-state index contributed by atoms with van der Waals surface area (Å²) in [5, 5.41) is 14.1. The highest BCUT2D eigenvalue weighted by atomic mass is 16.5. The lowest BCUT2D eigenvalue weighted by atomic mass is 9.52. The van der Waals surface area contributed by atoms with Gasteiger partial charge in [0.2, 0.25) is 5.91 Å². The molecule has 4 heteroatoms. The number of aliphatic hydroxyl groups is 1. The van der Waals surface area contributed by atoms with Crippen molar-refractivity contribution in [3.63, 3.8) is 0 Å². The minimum atomic E-state index is -0.611. The third-order valence-corrected chi connectivity index (χ3v) is 6.90. The second kappa shape index (κ2) is 5.73. The van der Waals surface area contributed by atoms with Crippen molar-refractivity contribution >= 4 is 5.91 Å². The van der Waals surface area contributed by atoms with Gasteiger partial charge in [-0.15, -0.1) is 0 Å². The number of hydrogen-bond donors (Lipinski definition) is 2. The molecule has 1 aromatic carbocycles. The van der Waals surface area contributed by atoms with Gasteiger partial charge in [-0.05, 0) is 81.4 Å². The van der Waals surface area contributed by atoms with Crippen LogP contribution in [0.3, 0.4) is 0 Å². The molecule has 1 amide bonds. The highest BCUT2D eigenvalue weighted by molar-refractivity contribution is 5.87. The van der Waals surface area contributed by atoms with Gasteiger partial charge in [-0.3, -0.25) is 4.79 Å². The number of benzene rings is 1. The highest BCUT2D eigenvalue weighted by Gasteiger charge is 2.55. The number of hydrogen-bond acceptors (Lipinski definition) is 3. The molecule has 0 saturated heterocycles. The molecule has 3 unspecified atom stereocenters. The zero-order valence-corrected chi connectivity index (χ0v) is 15.4. The fourth-order valence-electron chi connectivity index (χ4n) is 5.69. The minimum Gasteiger partial charge on any atom is -0.497 e. The number of carbonyl (C=O) groups is 1. The molecular weight excluding hydrogens is 314 g/mol. The third kappa shape index (κ3) is 2.84. The Labute approximate surface area is 150 Å². The summed E-state index contributed by atoms with van der Waals surface area (Å²) in [6.07, 6.45) is 4.98. The summed E-state index contributed by atoms with van der Waals surface area (Å²) in [5.41, 5.74) is -0.105.